The summed E-state index contributed by atoms with van der Waals surface area (Å²) in [6.45, 7) is 6.45. The Morgan fingerprint density at radius 3 is 1.11 bits per heavy atom. The van der Waals surface area contributed by atoms with Gasteiger partial charge in [-0.1, -0.05) is 12.1 Å². The summed E-state index contributed by atoms with van der Waals surface area (Å²) in [4.78, 5) is 57.4. The number of ether oxygens (including phenoxy) is 2. The number of amides is 4. The van der Waals surface area contributed by atoms with Gasteiger partial charge in [-0.15, -0.1) is 0 Å². The van der Waals surface area contributed by atoms with Crippen molar-refractivity contribution in [2.24, 2.45) is 0 Å². The molecule has 4 aliphatic heterocycles. The predicted octanol–water partition coefficient (Wildman–Crippen LogP) is 13.6. The van der Waals surface area contributed by atoms with Gasteiger partial charge in [-0.25, -0.2) is 18.4 Å². The van der Waals surface area contributed by atoms with E-state index >= 15 is 0 Å². The first-order valence-corrected chi connectivity index (χ1v) is 26.8. The molecule has 4 amide bonds. The van der Waals surface area contributed by atoms with Crippen molar-refractivity contribution in [3.8, 4) is 0 Å². The first kappa shape index (κ1) is 64.9. The fourth-order valence-corrected chi connectivity index (χ4v) is 12.0. The van der Waals surface area contributed by atoms with Crippen LogP contribution in [-0.4, -0.2) is 108 Å². The maximum absolute atomic E-state index is 14.0. The third kappa shape index (κ3) is 14.2. The molecule has 4 fully saturated rings. The largest absolute Gasteiger partial charge is 0.468 e. The number of benzene rings is 4. The number of nitrogens with zero attached hydrogens (tertiary/aromatic N) is 4. The van der Waals surface area contributed by atoms with Crippen LogP contribution in [0.3, 0.4) is 0 Å². The lowest BCUT2D eigenvalue weighted by atomic mass is 9.79. The minimum absolute atomic E-state index is 0.0473. The van der Waals surface area contributed by atoms with Gasteiger partial charge < -0.3 is 29.1 Å². The zero-order valence-corrected chi connectivity index (χ0v) is 47.0. The van der Waals surface area contributed by atoms with Crippen molar-refractivity contribution in [3.63, 3.8) is 0 Å². The van der Waals surface area contributed by atoms with Crippen molar-refractivity contribution in [2.45, 2.75) is 151 Å². The second-order valence-corrected chi connectivity index (χ2v) is 22.2. The molecule has 0 aromatic heterocycles. The molecule has 12 nitrogen and oxygen atoms in total. The Morgan fingerprint density at radius 1 is 0.524 bits per heavy atom. The van der Waals surface area contributed by atoms with Gasteiger partial charge in [0.1, 0.15) is 23.7 Å². The van der Waals surface area contributed by atoms with Crippen LogP contribution < -0.4 is 10.6 Å². The van der Waals surface area contributed by atoms with Gasteiger partial charge in [-0.3, -0.25) is 20.2 Å². The number of nitrogens with one attached hydrogen (secondary N) is 2. The van der Waals surface area contributed by atoms with Crippen LogP contribution in [-0.2, 0) is 43.8 Å². The van der Waals surface area contributed by atoms with E-state index in [1.54, 1.807) is 26.0 Å². The number of hydrogen-bond donors (Lipinski definition) is 2. The van der Waals surface area contributed by atoms with E-state index in [-0.39, 0.29) is 36.3 Å². The summed E-state index contributed by atoms with van der Waals surface area (Å²) in [5.41, 5.74) is -5.15. The van der Waals surface area contributed by atoms with Crippen LogP contribution in [0.15, 0.2) is 72.8 Å². The predicted molar refractivity (Wildman–Crippen MR) is 277 cm³/mol. The van der Waals surface area contributed by atoms with Crippen LogP contribution in [0.2, 0.25) is 0 Å². The zero-order valence-electron chi connectivity index (χ0n) is 47.0. The number of esters is 2. The molecule has 26 heteroatoms. The second kappa shape index (κ2) is 24.3. The highest BCUT2D eigenvalue weighted by Crippen LogP contribution is 2.47. The highest BCUT2D eigenvalue weighted by atomic mass is 19.4. The van der Waals surface area contributed by atoms with Crippen molar-refractivity contribution in [1.29, 1.82) is 0 Å². The summed E-state index contributed by atoms with van der Waals surface area (Å²) in [7, 11) is 5.22. The molecule has 84 heavy (non-hydrogen) atoms. The molecule has 8 rings (SSSR count). The van der Waals surface area contributed by atoms with Gasteiger partial charge in [0, 0.05) is 38.3 Å². The Bertz CT molecular complexity index is 2830. The minimum Gasteiger partial charge on any atom is -0.468 e. The first-order chi connectivity index (χ1) is 38.9. The van der Waals surface area contributed by atoms with E-state index in [2.05, 4.69) is 10.6 Å². The summed E-state index contributed by atoms with van der Waals surface area (Å²) >= 11 is 0. The van der Waals surface area contributed by atoms with Gasteiger partial charge >= 0.3 is 48.7 Å². The van der Waals surface area contributed by atoms with Gasteiger partial charge in [0.25, 0.3) is 0 Å². The van der Waals surface area contributed by atoms with Gasteiger partial charge in [0.15, 0.2) is 0 Å². The molecule has 4 aliphatic rings. The fraction of sp³-hybridized carbons (Fsp3) is 0.517. The number of likely N-dealkylation sites (tertiary alicyclic amines) is 2. The molecule has 4 saturated heterocycles. The van der Waals surface area contributed by atoms with Gasteiger partial charge in [0.05, 0.1) is 60.6 Å². The number of carbonyl (C=O) groups excluding carboxylic acids is 4. The molecule has 0 radical (unpaired) electrons. The third-order valence-electron chi connectivity index (χ3n) is 17.0. The number of rotatable bonds is 8. The fourth-order valence-electron chi connectivity index (χ4n) is 12.0. The molecule has 0 aliphatic carbocycles. The SMILES string of the molecule is COC(=O)[C@@H]1CC[C@@]2(CCN(C(=O)N(C)[C@H](C)c3cc(C(F)(F)F)cc(C(F)(F)F)c3)[C@@H](c3ccc(F)cc3C)C2)N1.COC(=O)[C@H]1CC[C@@]2(CCN(C(=O)N(C)[C@H](C)c3cc(C(F)(F)F)cc(C(F)(F)F)c3)[C@@H](c3ccc(F)cc3C)C2)N1. The Morgan fingerprint density at radius 2 is 0.833 bits per heavy atom. The number of carbonyl (C=O) groups is 4. The molecule has 2 N–H and O–H groups in total. The number of aryl methyl sites for hydroxylation is 2. The summed E-state index contributed by atoms with van der Waals surface area (Å²) in [5.74, 6) is -1.76. The lowest BCUT2D eigenvalue weighted by Crippen LogP contribution is -2.56. The summed E-state index contributed by atoms with van der Waals surface area (Å²) in [6.07, 6.45) is -16.3. The Kier molecular flexibility index (Phi) is 18.8. The lowest BCUT2D eigenvalue weighted by molar-refractivity contribution is -0.144. The van der Waals surface area contributed by atoms with Gasteiger partial charge in [-0.05, 0) is 173 Å². The highest BCUT2D eigenvalue weighted by molar-refractivity contribution is 5.78. The quantitative estimate of drug-likeness (QED) is 0.132. The van der Waals surface area contributed by atoms with Crippen LogP contribution >= 0.6 is 0 Å². The highest BCUT2D eigenvalue weighted by Gasteiger charge is 2.51. The van der Waals surface area contributed by atoms with E-state index in [0.29, 0.717) is 97.9 Å². The average Bonchev–Trinajstić information content (AvgIpc) is 2.08. The molecule has 8 atom stereocenters. The summed E-state index contributed by atoms with van der Waals surface area (Å²) < 4.78 is 200. The van der Waals surface area contributed by atoms with Gasteiger partial charge in [0.2, 0.25) is 0 Å². The molecule has 0 unspecified atom stereocenters. The van der Waals surface area contributed by atoms with E-state index in [1.807, 2.05) is 0 Å². The molecule has 460 valence electrons. The van der Waals surface area contributed by atoms with Crippen LogP contribution in [0, 0.1) is 25.5 Å². The van der Waals surface area contributed by atoms with Crippen LogP contribution in [0.4, 0.5) is 71.1 Å². The minimum atomic E-state index is -5.03. The normalized spacial score (nSPS) is 23.6. The summed E-state index contributed by atoms with van der Waals surface area (Å²) in [5, 5.41) is 6.70. The van der Waals surface area contributed by atoms with E-state index in [4.69, 9.17) is 9.47 Å². The van der Waals surface area contributed by atoms with E-state index in [9.17, 15) is 80.6 Å². The molecule has 0 saturated carbocycles. The molecule has 4 aromatic carbocycles. The van der Waals surface area contributed by atoms with Crippen molar-refractivity contribution in [3.05, 3.63) is 140 Å². The average molecular weight is 1210 g/mol. The molecular weight excluding hydrogens is 1140 g/mol. The number of urea groups is 2. The number of piperidine rings is 2. The maximum Gasteiger partial charge on any atom is 0.416 e. The smallest absolute Gasteiger partial charge is 0.416 e. The molecular formula is C58H64F14N6O6. The van der Waals surface area contributed by atoms with Crippen molar-refractivity contribution >= 4 is 24.0 Å². The molecule has 0 bridgehead atoms. The van der Waals surface area contributed by atoms with Crippen molar-refractivity contribution in [1.82, 2.24) is 30.2 Å². The van der Waals surface area contributed by atoms with Crippen LogP contribution in [0.25, 0.3) is 0 Å². The third-order valence-corrected chi connectivity index (χ3v) is 17.0. The number of alkyl halides is 12. The van der Waals surface area contributed by atoms with Crippen LogP contribution in [0.1, 0.15) is 145 Å². The number of methoxy groups -OCH3 is 2. The number of halogens is 14. The van der Waals surface area contributed by atoms with Crippen LogP contribution in [0.5, 0.6) is 0 Å². The zero-order chi connectivity index (χ0) is 62.4. The topological polar surface area (TPSA) is 124 Å². The van der Waals surface area contributed by atoms with E-state index in [0.717, 1.165) is 9.80 Å². The van der Waals surface area contributed by atoms with E-state index < -0.39 is 130 Å². The standard InChI is InChI=1S/2C29H32F7N3O3/c2*1-16-11-21(30)5-6-22(16)24-15-27(8-7-23(37-27)25(40)42-4)9-10-39(24)26(41)38(3)17(2)18-12-19(28(31,32)33)14-20(13-18)29(34,35)36/h2*5-6,11-14,17,23-24,37H,7-10,15H2,1-4H3/t17-,23+,24-,27+;17-,23-,24-,27+/m11/s1. The summed E-state index contributed by atoms with van der Waals surface area (Å²) in [6, 6.07) is 5.05. The Balaban J connectivity index is 0.000000241. The monoisotopic (exact) mass is 1210 g/mol. The first-order valence-electron chi connectivity index (χ1n) is 26.8. The number of hydrogen-bond acceptors (Lipinski definition) is 8. The Labute approximate surface area is 475 Å². The molecule has 4 aromatic rings. The maximum atomic E-state index is 14.0. The molecule has 4 heterocycles. The molecule has 2 spiro atoms. The Hall–Kier alpha value is -6.70. The van der Waals surface area contributed by atoms with Crippen molar-refractivity contribution < 1.29 is 90.1 Å². The van der Waals surface area contributed by atoms with E-state index in [1.165, 1.54) is 76.2 Å². The second-order valence-electron chi connectivity index (χ2n) is 22.2. The lowest BCUT2D eigenvalue weighted by Gasteiger charge is -2.47. The van der Waals surface area contributed by atoms with Gasteiger partial charge in [-0.2, -0.15) is 52.7 Å². The van der Waals surface area contributed by atoms with Crippen molar-refractivity contribution in [2.75, 3.05) is 41.4 Å².